The van der Waals surface area contributed by atoms with Crippen LogP contribution in [-0.2, 0) is 19.0 Å². The highest BCUT2D eigenvalue weighted by Gasteiger charge is 2.62. The van der Waals surface area contributed by atoms with Gasteiger partial charge < -0.3 is 14.2 Å². The highest BCUT2D eigenvalue weighted by Crippen LogP contribution is 2.49. The van der Waals surface area contributed by atoms with Crippen molar-refractivity contribution in [2.45, 2.75) is 50.4 Å². The van der Waals surface area contributed by atoms with Crippen molar-refractivity contribution >= 4 is 5.97 Å². The molecule has 2 fully saturated rings. The average Bonchev–Trinajstić information content (AvgIpc) is 2.91. The lowest BCUT2D eigenvalue weighted by Gasteiger charge is -2.26. The first-order chi connectivity index (χ1) is 7.22. The number of hydrogen-bond acceptors (Lipinski definition) is 4. The van der Waals surface area contributed by atoms with E-state index in [0.29, 0.717) is 0 Å². The average molecular weight is 214 g/mol. The van der Waals surface area contributed by atoms with Gasteiger partial charge in [-0.3, -0.25) is 0 Å². The molecular weight excluding hydrogens is 196 g/mol. The lowest BCUT2D eigenvalue weighted by atomic mass is 9.84. The van der Waals surface area contributed by atoms with Crippen LogP contribution in [0.4, 0.5) is 0 Å². The SMILES string of the molecule is CCOC1CCCC2(C1)OC2C(=O)OC. The van der Waals surface area contributed by atoms with Gasteiger partial charge in [-0.1, -0.05) is 0 Å². The maximum absolute atomic E-state index is 11.3. The number of hydrogen-bond donors (Lipinski definition) is 0. The molecule has 4 nitrogen and oxygen atoms in total. The summed E-state index contributed by atoms with van der Waals surface area (Å²) in [7, 11) is 1.40. The van der Waals surface area contributed by atoms with Crippen molar-refractivity contribution < 1.29 is 19.0 Å². The van der Waals surface area contributed by atoms with Crippen LogP contribution in [0, 0.1) is 0 Å². The number of epoxide rings is 1. The van der Waals surface area contributed by atoms with Gasteiger partial charge in [-0.05, 0) is 26.2 Å². The first-order valence-corrected chi connectivity index (χ1v) is 5.59. The topological polar surface area (TPSA) is 48.1 Å². The Bertz CT molecular complexity index is 251. The van der Waals surface area contributed by atoms with Gasteiger partial charge >= 0.3 is 5.97 Å². The normalized spacial score (nSPS) is 39.1. The molecule has 1 saturated carbocycles. The molecule has 1 saturated heterocycles. The molecule has 1 aliphatic heterocycles. The Kier molecular flexibility index (Phi) is 2.98. The highest BCUT2D eigenvalue weighted by molar-refractivity contribution is 5.79. The minimum Gasteiger partial charge on any atom is -0.467 e. The highest BCUT2D eigenvalue weighted by atomic mass is 16.7. The van der Waals surface area contributed by atoms with Crippen LogP contribution in [0.5, 0.6) is 0 Å². The van der Waals surface area contributed by atoms with E-state index in [1.165, 1.54) is 7.11 Å². The van der Waals surface area contributed by atoms with E-state index in [2.05, 4.69) is 0 Å². The molecule has 0 amide bonds. The van der Waals surface area contributed by atoms with Gasteiger partial charge in [0.05, 0.1) is 13.2 Å². The minimum absolute atomic E-state index is 0.243. The molecule has 3 atom stereocenters. The first-order valence-electron chi connectivity index (χ1n) is 5.59. The zero-order chi connectivity index (χ0) is 10.9. The van der Waals surface area contributed by atoms with Crippen LogP contribution >= 0.6 is 0 Å². The third-order valence-electron chi connectivity index (χ3n) is 3.29. The van der Waals surface area contributed by atoms with Crippen LogP contribution in [-0.4, -0.2) is 37.5 Å². The minimum atomic E-state index is -0.342. The second kappa shape index (κ2) is 4.10. The van der Waals surface area contributed by atoms with Gasteiger partial charge in [-0.25, -0.2) is 4.79 Å². The van der Waals surface area contributed by atoms with Gasteiger partial charge in [0.2, 0.25) is 0 Å². The van der Waals surface area contributed by atoms with Crippen molar-refractivity contribution in [3.8, 4) is 0 Å². The number of methoxy groups -OCH3 is 1. The van der Waals surface area contributed by atoms with Crippen LogP contribution in [0.2, 0.25) is 0 Å². The van der Waals surface area contributed by atoms with Crippen molar-refractivity contribution in [1.82, 2.24) is 0 Å². The van der Waals surface area contributed by atoms with Crippen LogP contribution < -0.4 is 0 Å². The fourth-order valence-electron chi connectivity index (χ4n) is 2.51. The quantitative estimate of drug-likeness (QED) is 0.524. The molecule has 0 radical (unpaired) electrons. The number of rotatable bonds is 3. The Morgan fingerprint density at radius 2 is 2.40 bits per heavy atom. The summed E-state index contributed by atoms with van der Waals surface area (Å²) in [6.07, 6.45) is 3.84. The van der Waals surface area contributed by atoms with Gasteiger partial charge in [-0.15, -0.1) is 0 Å². The van der Waals surface area contributed by atoms with Crippen LogP contribution in [0.3, 0.4) is 0 Å². The summed E-state index contributed by atoms with van der Waals surface area (Å²) in [4.78, 5) is 11.3. The van der Waals surface area contributed by atoms with E-state index in [1.807, 2.05) is 6.92 Å². The van der Waals surface area contributed by atoms with Crippen molar-refractivity contribution in [2.75, 3.05) is 13.7 Å². The fraction of sp³-hybridized carbons (Fsp3) is 0.909. The van der Waals surface area contributed by atoms with Crippen LogP contribution in [0.15, 0.2) is 0 Å². The van der Waals surface area contributed by atoms with Crippen molar-refractivity contribution in [3.63, 3.8) is 0 Å². The second-order valence-electron chi connectivity index (χ2n) is 4.26. The van der Waals surface area contributed by atoms with Crippen molar-refractivity contribution in [2.24, 2.45) is 0 Å². The van der Waals surface area contributed by atoms with Gasteiger partial charge in [0.15, 0.2) is 6.10 Å². The fourth-order valence-corrected chi connectivity index (χ4v) is 2.51. The predicted octanol–water partition coefficient (Wildman–Crippen LogP) is 1.28. The molecule has 1 heterocycles. The molecule has 0 aromatic rings. The van der Waals surface area contributed by atoms with E-state index in [4.69, 9.17) is 14.2 Å². The maximum Gasteiger partial charge on any atom is 0.338 e. The smallest absolute Gasteiger partial charge is 0.338 e. The van der Waals surface area contributed by atoms with E-state index in [-0.39, 0.29) is 23.8 Å². The molecular formula is C11H18O4. The number of carbonyl (C=O) groups excluding carboxylic acids is 1. The lowest BCUT2D eigenvalue weighted by molar-refractivity contribution is -0.142. The summed E-state index contributed by atoms with van der Waals surface area (Å²) >= 11 is 0. The lowest BCUT2D eigenvalue weighted by Crippen LogP contribution is -2.32. The largest absolute Gasteiger partial charge is 0.467 e. The van der Waals surface area contributed by atoms with E-state index in [0.717, 1.165) is 32.3 Å². The molecule has 2 rings (SSSR count). The Labute approximate surface area is 89.9 Å². The zero-order valence-corrected chi connectivity index (χ0v) is 9.32. The van der Waals surface area contributed by atoms with Gasteiger partial charge in [0.25, 0.3) is 0 Å². The zero-order valence-electron chi connectivity index (χ0n) is 9.32. The number of ether oxygens (including phenoxy) is 3. The third-order valence-corrected chi connectivity index (χ3v) is 3.29. The summed E-state index contributed by atoms with van der Waals surface area (Å²) in [5.74, 6) is -0.243. The molecule has 4 heteroatoms. The van der Waals surface area contributed by atoms with Crippen molar-refractivity contribution in [3.05, 3.63) is 0 Å². The maximum atomic E-state index is 11.3. The molecule has 0 N–H and O–H groups in total. The summed E-state index contributed by atoms with van der Waals surface area (Å²) < 4.78 is 15.8. The van der Waals surface area contributed by atoms with E-state index in [9.17, 15) is 4.79 Å². The predicted molar refractivity (Wildman–Crippen MR) is 53.5 cm³/mol. The van der Waals surface area contributed by atoms with Gasteiger partial charge in [-0.2, -0.15) is 0 Å². The van der Waals surface area contributed by atoms with Gasteiger partial charge in [0.1, 0.15) is 5.60 Å². The molecule has 1 aliphatic carbocycles. The molecule has 0 aromatic carbocycles. The molecule has 0 aromatic heterocycles. The Hall–Kier alpha value is -0.610. The molecule has 86 valence electrons. The third kappa shape index (κ3) is 2.01. The Balaban J connectivity index is 1.91. The first kappa shape index (κ1) is 10.9. The Morgan fingerprint density at radius 1 is 1.60 bits per heavy atom. The van der Waals surface area contributed by atoms with Crippen LogP contribution in [0.25, 0.3) is 0 Å². The van der Waals surface area contributed by atoms with Crippen LogP contribution in [0.1, 0.15) is 32.6 Å². The molecule has 2 aliphatic rings. The van der Waals surface area contributed by atoms with Crippen molar-refractivity contribution in [1.29, 1.82) is 0 Å². The summed E-state index contributed by atoms with van der Waals surface area (Å²) in [6.45, 7) is 2.72. The van der Waals surface area contributed by atoms with E-state index >= 15 is 0 Å². The summed E-state index contributed by atoms with van der Waals surface area (Å²) in [6, 6.07) is 0. The second-order valence-corrected chi connectivity index (χ2v) is 4.26. The summed E-state index contributed by atoms with van der Waals surface area (Å²) in [5.41, 5.74) is -0.259. The molecule has 1 spiro atoms. The Morgan fingerprint density at radius 3 is 3.07 bits per heavy atom. The standard InChI is InChI=1S/C11H18O4/c1-3-14-8-5-4-6-11(7-8)9(15-11)10(12)13-2/h8-9H,3-7H2,1-2H3. The molecule has 3 unspecified atom stereocenters. The summed E-state index contributed by atoms with van der Waals surface area (Å²) in [5, 5.41) is 0. The molecule has 15 heavy (non-hydrogen) atoms. The van der Waals surface area contributed by atoms with E-state index in [1.54, 1.807) is 0 Å². The van der Waals surface area contributed by atoms with Gasteiger partial charge in [0, 0.05) is 13.0 Å². The number of carbonyl (C=O) groups is 1. The molecule has 0 bridgehead atoms. The van der Waals surface area contributed by atoms with E-state index < -0.39 is 0 Å². The number of esters is 1. The monoisotopic (exact) mass is 214 g/mol.